The Hall–Kier alpha value is -1.83. The van der Waals surface area contributed by atoms with Crippen LogP contribution in [0.15, 0.2) is 42.5 Å². The van der Waals surface area contributed by atoms with E-state index in [9.17, 15) is 4.79 Å². The van der Waals surface area contributed by atoms with Crippen LogP contribution < -0.4 is 10.6 Å². The summed E-state index contributed by atoms with van der Waals surface area (Å²) >= 11 is 12.1. The van der Waals surface area contributed by atoms with Crippen LogP contribution in [0.3, 0.4) is 0 Å². The zero-order chi connectivity index (χ0) is 19.4. The normalized spacial score (nSPS) is 10.0. The molecule has 0 amide bonds. The van der Waals surface area contributed by atoms with E-state index in [1.807, 2.05) is 6.07 Å². The molecule has 6 nitrogen and oxygen atoms in total. The standard InChI is InChI=1S/C14H11Cl2NO2.C4H11NO2/c15-10-5-3-6-11(16)14(10)17-12-7-2-1-4-9(12)8-13(18)19;6-3-1-5-2-4-7/h1-7,17H,8H2,(H,18,19);5-7H,1-4H2. The largest absolute Gasteiger partial charge is 0.481 e. The Balaban J connectivity index is 0.000000412. The summed E-state index contributed by atoms with van der Waals surface area (Å²) in [6, 6.07) is 12.3. The molecule has 0 bridgehead atoms. The van der Waals surface area contributed by atoms with E-state index < -0.39 is 5.97 Å². The molecule has 0 aromatic heterocycles. The molecule has 0 saturated carbocycles. The average Bonchev–Trinajstić information content (AvgIpc) is 2.60. The summed E-state index contributed by atoms with van der Waals surface area (Å²) in [6.07, 6.45) is -0.0642. The van der Waals surface area contributed by atoms with Gasteiger partial charge in [0.2, 0.25) is 0 Å². The third kappa shape index (κ3) is 8.03. The first-order valence-corrected chi connectivity index (χ1v) is 8.68. The van der Waals surface area contributed by atoms with Crippen molar-refractivity contribution in [1.29, 1.82) is 0 Å². The summed E-state index contributed by atoms with van der Waals surface area (Å²) in [4.78, 5) is 10.8. The van der Waals surface area contributed by atoms with E-state index >= 15 is 0 Å². The van der Waals surface area contributed by atoms with Crippen LogP contribution in [0.2, 0.25) is 10.0 Å². The molecule has 0 heterocycles. The third-order valence-electron chi connectivity index (χ3n) is 3.16. The summed E-state index contributed by atoms with van der Waals surface area (Å²) in [5.41, 5.74) is 1.93. The molecule has 2 aromatic carbocycles. The van der Waals surface area contributed by atoms with E-state index in [4.69, 9.17) is 38.5 Å². The van der Waals surface area contributed by atoms with E-state index in [-0.39, 0.29) is 19.6 Å². The third-order valence-corrected chi connectivity index (χ3v) is 3.79. The van der Waals surface area contributed by atoms with Crippen LogP contribution in [0.1, 0.15) is 5.56 Å². The molecule has 0 aliphatic heterocycles. The SMILES string of the molecule is O=C(O)Cc1ccccc1Nc1c(Cl)cccc1Cl.OCCNCCO. The van der Waals surface area contributed by atoms with Crippen molar-refractivity contribution >= 4 is 40.5 Å². The summed E-state index contributed by atoms with van der Waals surface area (Å²) in [5, 5.41) is 32.0. The minimum atomic E-state index is -0.889. The fraction of sp³-hybridized carbons (Fsp3) is 0.278. The van der Waals surface area contributed by atoms with Crippen molar-refractivity contribution in [2.75, 3.05) is 31.6 Å². The minimum absolute atomic E-state index is 0.0642. The number of benzene rings is 2. The molecule has 0 fully saturated rings. The Bertz CT molecular complexity index is 674. The molecule has 0 radical (unpaired) electrons. The lowest BCUT2D eigenvalue weighted by Gasteiger charge is -2.13. The number of carbonyl (C=O) groups is 1. The van der Waals surface area contributed by atoms with Crippen molar-refractivity contribution in [1.82, 2.24) is 5.32 Å². The van der Waals surface area contributed by atoms with Gasteiger partial charge < -0.3 is 26.0 Å². The number of hydrogen-bond acceptors (Lipinski definition) is 5. The molecule has 0 atom stereocenters. The van der Waals surface area contributed by atoms with Crippen molar-refractivity contribution in [2.45, 2.75) is 6.42 Å². The highest BCUT2D eigenvalue weighted by Gasteiger charge is 2.10. The first-order valence-electron chi connectivity index (χ1n) is 7.92. The first kappa shape index (κ1) is 22.2. The second kappa shape index (κ2) is 12.5. The Labute approximate surface area is 162 Å². The number of hydrogen-bond donors (Lipinski definition) is 5. The van der Waals surface area contributed by atoms with E-state index in [1.54, 1.807) is 36.4 Å². The predicted molar refractivity (Wildman–Crippen MR) is 105 cm³/mol. The van der Waals surface area contributed by atoms with E-state index in [0.717, 1.165) is 0 Å². The molecule has 2 rings (SSSR count). The number of nitrogens with one attached hydrogen (secondary N) is 2. The molecule has 5 N–H and O–H groups in total. The van der Waals surface area contributed by atoms with Gasteiger partial charge in [0.1, 0.15) is 0 Å². The maximum atomic E-state index is 10.8. The Morgan fingerprint density at radius 1 is 0.923 bits per heavy atom. The first-order chi connectivity index (χ1) is 12.5. The minimum Gasteiger partial charge on any atom is -0.481 e. The van der Waals surface area contributed by atoms with Crippen molar-refractivity contribution in [3.05, 3.63) is 58.1 Å². The van der Waals surface area contributed by atoms with Gasteiger partial charge in [-0.25, -0.2) is 0 Å². The quantitative estimate of drug-likeness (QED) is 0.436. The Kier molecular flexibility index (Phi) is 10.7. The molecule has 0 spiro atoms. The highest BCUT2D eigenvalue weighted by atomic mass is 35.5. The molecule has 0 unspecified atom stereocenters. The number of anilines is 2. The number of aliphatic hydroxyl groups excluding tert-OH is 2. The second-order valence-corrected chi connectivity index (χ2v) is 5.96. The number of aliphatic carboxylic acids is 1. The predicted octanol–water partition coefficient (Wildman–Crippen LogP) is 2.92. The van der Waals surface area contributed by atoms with Gasteiger partial charge in [-0.05, 0) is 23.8 Å². The van der Waals surface area contributed by atoms with Gasteiger partial charge in [0, 0.05) is 18.8 Å². The van der Waals surface area contributed by atoms with Gasteiger partial charge in [-0.3, -0.25) is 4.79 Å². The molecule has 2 aromatic rings. The number of carboxylic acid groups (broad SMARTS) is 1. The van der Waals surface area contributed by atoms with Crippen molar-refractivity contribution in [2.24, 2.45) is 0 Å². The van der Waals surface area contributed by atoms with E-state index in [2.05, 4.69) is 10.6 Å². The van der Waals surface area contributed by atoms with E-state index in [0.29, 0.717) is 40.1 Å². The molecule has 0 aliphatic carbocycles. The number of para-hydroxylation sites is 2. The fourth-order valence-corrected chi connectivity index (χ4v) is 2.49. The van der Waals surface area contributed by atoms with Crippen LogP contribution in [0.5, 0.6) is 0 Å². The van der Waals surface area contributed by atoms with Crippen LogP contribution in [0.4, 0.5) is 11.4 Å². The monoisotopic (exact) mass is 400 g/mol. The smallest absolute Gasteiger partial charge is 0.307 e. The number of rotatable bonds is 8. The molecular formula is C18H22Cl2N2O4. The molecule has 142 valence electrons. The molecule has 0 aliphatic rings. The lowest BCUT2D eigenvalue weighted by atomic mass is 10.1. The zero-order valence-electron chi connectivity index (χ0n) is 14.1. The average molecular weight is 401 g/mol. The maximum Gasteiger partial charge on any atom is 0.307 e. The molecule has 0 saturated heterocycles. The summed E-state index contributed by atoms with van der Waals surface area (Å²) in [6.45, 7) is 1.42. The van der Waals surface area contributed by atoms with Gasteiger partial charge >= 0.3 is 5.97 Å². The molecule has 8 heteroatoms. The van der Waals surface area contributed by atoms with Crippen LogP contribution >= 0.6 is 23.2 Å². The van der Waals surface area contributed by atoms with Crippen LogP contribution in [0, 0.1) is 0 Å². The van der Waals surface area contributed by atoms with Crippen LogP contribution in [-0.2, 0) is 11.2 Å². The summed E-state index contributed by atoms with van der Waals surface area (Å²) in [5.74, 6) is -0.889. The van der Waals surface area contributed by atoms with Gasteiger partial charge in [-0.2, -0.15) is 0 Å². The molecule has 26 heavy (non-hydrogen) atoms. The Morgan fingerprint density at radius 3 is 2.04 bits per heavy atom. The summed E-state index contributed by atoms with van der Waals surface area (Å²) < 4.78 is 0. The van der Waals surface area contributed by atoms with Crippen molar-refractivity contribution in [3.8, 4) is 0 Å². The topological polar surface area (TPSA) is 102 Å². The lowest BCUT2D eigenvalue weighted by Crippen LogP contribution is -2.21. The van der Waals surface area contributed by atoms with Gasteiger partial charge in [0.25, 0.3) is 0 Å². The number of carboxylic acids is 1. The highest BCUT2D eigenvalue weighted by Crippen LogP contribution is 2.33. The van der Waals surface area contributed by atoms with Crippen molar-refractivity contribution in [3.63, 3.8) is 0 Å². The van der Waals surface area contributed by atoms with Gasteiger partial charge in [-0.1, -0.05) is 47.5 Å². The zero-order valence-corrected chi connectivity index (χ0v) is 15.6. The van der Waals surface area contributed by atoms with Gasteiger partial charge in [0.05, 0.1) is 35.4 Å². The number of halogens is 2. The molecular weight excluding hydrogens is 379 g/mol. The van der Waals surface area contributed by atoms with Crippen LogP contribution in [0.25, 0.3) is 0 Å². The van der Waals surface area contributed by atoms with Crippen molar-refractivity contribution < 1.29 is 20.1 Å². The second-order valence-electron chi connectivity index (χ2n) is 5.15. The lowest BCUT2D eigenvalue weighted by molar-refractivity contribution is -0.136. The fourth-order valence-electron chi connectivity index (χ4n) is 1.99. The maximum absolute atomic E-state index is 10.8. The highest BCUT2D eigenvalue weighted by molar-refractivity contribution is 6.39. The number of aliphatic hydroxyl groups is 2. The summed E-state index contributed by atoms with van der Waals surface area (Å²) in [7, 11) is 0. The van der Waals surface area contributed by atoms with Gasteiger partial charge in [0.15, 0.2) is 0 Å². The van der Waals surface area contributed by atoms with E-state index in [1.165, 1.54) is 0 Å². The van der Waals surface area contributed by atoms with Crippen LogP contribution in [-0.4, -0.2) is 47.6 Å². The Morgan fingerprint density at radius 2 is 1.50 bits per heavy atom. The van der Waals surface area contributed by atoms with Gasteiger partial charge in [-0.15, -0.1) is 0 Å².